The molecule has 0 amide bonds. The number of thioether (sulfide) groups is 1. The molecule has 1 nitrogen and oxygen atoms in total. The van der Waals surface area contributed by atoms with Crippen molar-refractivity contribution in [2.45, 2.75) is 52.1 Å². The van der Waals surface area contributed by atoms with Gasteiger partial charge in [-0.05, 0) is 29.6 Å². The van der Waals surface area contributed by atoms with Crippen molar-refractivity contribution in [1.29, 1.82) is 0 Å². The van der Waals surface area contributed by atoms with E-state index in [1.165, 1.54) is 36.3 Å². The first-order valence-corrected chi connectivity index (χ1v) is 8.65. The van der Waals surface area contributed by atoms with Crippen LogP contribution in [0, 0.1) is 5.41 Å². The predicted octanol–water partition coefficient (Wildman–Crippen LogP) is 4.65. The smallest absolute Gasteiger partial charge is 0.0322 e. The van der Waals surface area contributed by atoms with Gasteiger partial charge in [0.15, 0.2) is 0 Å². The van der Waals surface area contributed by atoms with E-state index in [1.54, 1.807) is 0 Å². The van der Waals surface area contributed by atoms with E-state index in [2.05, 4.69) is 68.2 Å². The van der Waals surface area contributed by atoms with E-state index in [-0.39, 0.29) is 0 Å². The molecule has 1 fully saturated rings. The molecule has 2 atom stereocenters. The van der Waals surface area contributed by atoms with Crippen LogP contribution in [0.2, 0.25) is 0 Å². The van der Waals surface area contributed by atoms with Crippen molar-refractivity contribution in [3.63, 3.8) is 0 Å². The van der Waals surface area contributed by atoms with Gasteiger partial charge in [0.1, 0.15) is 0 Å². The van der Waals surface area contributed by atoms with Gasteiger partial charge in [-0.25, -0.2) is 0 Å². The zero-order chi connectivity index (χ0) is 13.7. The van der Waals surface area contributed by atoms with Gasteiger partial charge in [-0.2, -0.15) is 11.8 Å². The molecular formula is C17H27NS. The Bertz CT molecular complexity index is 374. The molecule has 2 rings (SSSR count). The summed E-state index contributed by atoms with van der Waals surface area (Å²) < 4.78 is 0. The molecule has 1 heterocycles. The zero-order valence-electron chi connectivity index (χ0n) is 12.5. The Labute approximate surface area is 122 Å². The highest BCUT2D eigenvalue weighted by molar-refractivity contribution is 7.99. The molecule has 2 heteroatoms. The van der Waals surface area contributed by atoms with Gasteiger partial charge in [0, 0.05) is 17.8 Å². The van der Waals surface area contributed by atoms with Crippen molar-refractivity contribution in [3.05, 3.63) is 35.9 Å². The van der Waals surface area contributed by atoms with Crippen molar-refractivity contribution in [3.8, 4) is 0 Å². The van der Waals surface area contributed by atoms with Gasteiger partial charge in [-0.3, -0.25) is 0 Å². The average Bonchev–Trinajstić information content (AvgIpc) is 2.38. The van der Waals surface area contributed by atoms with Crippen molar-refractivity contribution < 1.29 is 0 Å². The molecule has 1 N–H and O–H groups in total. The standard InChI is InChI=1S/C17H27NS/c1-4-8-16(14-9-6-5-7-10-14)18-15-11-17(2,3)13-19-12-15/h5-7,9-10,15-16,18H,4,8,11-13H2,1-3H3. The van der Waals surface area contributed by atoms with Gasteiger partial charge >= 0.3 is 0 Å². The third-order valence-electron chi connectivity index (χ3n) is 3.83. The van der Waals surface area contributed by atoms with Crippen molar-refractivity contribution in [1.82, 2.24) is 5.32 Å². The molecule has 0 radical (unpaired) electrons. The Kier molecular flexibility index (Phi) is 5.35. The molecule has 0 bridgehead atoms. The molecule has 0 saturated carbocycles. The summed E-state index contributed by atoms with van der Waals surface area (Å²) in [7, 11) is 0. The fourth-order valence-corrected chi connectivity index (χ4v) is 4.26. The third-order valence-corrected chi connectivity index (χ3v) is 5.45. The average molecular weight is 277 g/mol. The minimum atomic E-state index is 0.480. The Morgan fingerprint density at radius 2 is 2.05 bits per heavy atom. The van der Waals surface area contributed by atoms with Gasteiger partial charge in [-0.15, -0.1) is 0 Å². The summed E-state index contributed by atoms with van der Waals surface area (Å²) in [6, 6.07) is 12.1. The van der Waals surface area contributed by atoms with Gasteiger partial charge in [0.05, 0.1) is 0 Å². The maximum atomic E-state index is 3.91. The van der Waals surface area contributed by atoms with Crippen LogP contribution in [0.15, 0.2) is 30.3 Å². The van der Waals surface area contributed by atoms with Crippen LogP contribution in [-0.4, -0.2) is 17.5 Å². The maximum absolute atomic E-state index is 3.91. The molecule has 1 aromatic carbocycles. The molecule has 1 saturated heterocycles. The monoisotopic (exact) mass is 277 g/mol. The topological polar surface area (TPSA) is 12.0 Å². The maximum Gasteiger partial charge on any atom is 0.0322 e. The molecule has 19 heavy (non-hydrogen) atoms. The van der Waals surface area contributed by atoms with Crippen LogP contribution in [0.4, 0.5) is 0 Å². The molecule has 1 aromatic rings. The van der Waals surface area contributed by atoms with E-state index in [0.29, 0.717) is 17.5 Å². The SMILES string of the molecule is CCCC(NC1CSCC(C)(C)C1)c1ccccc1. The molecule has 1 aliphatic heterocycles. The van der Waals surface area contributed by atoms with E-state index in [0.717, 1.165) is 0 Å². The second kappa shape index (κ2) is 6.81. The molecular weight excluding hydrogens is 250 g/mol. The summed E-state index contributed by atoms with van der Waals surface area (Å²) >= 11 is 2.10. The van der Waals surface area contributed by atoms with Crippen molar-refractivity contribution in [2.75, 3.05) is 11.5 Å². The third kappa shape index (κ3) is 4.54. The fourth-order valence-electron chi connectivity index (χ4n) is 2.97. The van der Waals surface area contributed by atoms with Gasteiger partial charge in [0.2, 0.25) is 0 Å². The summed E-state index contributed by atoms with van der Waals surface area (Å²) in [6.45, 7) is 7.06. The minimum absolute atomic E-state index is 0.480. The normalized spacial score (nSPS) is 24.1. The van der Waals surface area contributed by atoms with E-state index in [4.69, 9.17) is 0 Å². The van der Waals surface area contributed by atoms with Crippen LogP contribution in [-0.2, 0) is 0 Å². The Hall–Kier alpha value is -0.470. The first-order chi connectivity index (χ1) is 9.11. The fraction of sp³-hybridized carbons (Fsp3) is 0.647. The number of benzene rings is 1. The highest BCUT2D eigenvalue weighted by Gasteiger charge is 2.29. The summed E-state index contributed by atoms with van der Waals surface area (Å²) in [5.41, 5.74) is 1.92. The Morgan fingerprint density at radius 1 is 1.32 bits per heavy atom. The quantitative estimate of drug-likeness (QED) is 0.841. The first-order valence-electron chi connectivity index (χ1n) is 7.49. The van der Waals surface area contributed by atoms with Crippen LogP contribution in [0.25, 0.3) is 0 Å². The first kappa shape index (κ1) is 14.9. The van der Waals surface area contributed by atoms with Crippen molar-refractivity contribution in [2.24, 2.45) is 5.41 Å². The number of nitrogens with one attached hydrogen (secondary N) is 1. The Morgan fingerprint density at radius 3 is 2.68 bits per heavy atom. The summed E-state index contributed by atoms with van der Waals surface area (Å²) in [6.07, 6.45) is 3.76. The van der Waals surface area contributed by atoms with Gasteiger partial charge < -0.3 is 5.32 Å². The van der Waals surface area contributed by atoms with Crippen LogP contribution < -0.4 is 5.32 Å². The van der Waals surface area contributed by atoms with E-state index in [9.17, 15) is 0 Å². The summed E-state index contributed by atoms with van der Waals surface area (Å²) in [5.74, 6) is 2.56. The molecule has 0 aliphatic carbocycles. The summed E-state index contributed by atoms with van der Waals surface area (Å²) in [5, 5.41) is 3.91. The molecule has 0 spiro atoms. The van der Waals surface area contributed by atoms with Gasteiger partial charge in [0.25, 0.3) is 0 Å². The molecule has 106 valence electrons. The lowest BCUT2D eigenvalue weighted by Gasteiger charge is -2.37. The second-order valence-electron chi connectivity index (χ2n) is 6.50. The number of rotatable bonds is 5. The Balaban J connectivity index is 2.01. The number of hydrogen-bond acceptors (Lipinski definition) is 2. The van der Waals surface area contributed by atoms with E-state index in [1.807, 2.05) is 0 Å². The lowest BCUT2D eigenvalue weighted by molar-refractivity contribution is 0.296. The zero-order valence-corrected chi connectivity index (χ0v) is 13.3. The molecule has 2 unspecified atom stereocenters. The second-order valence-corrected chi connectivity index (χ2v) is 7.53. The molecule has 0 aromatic heterocycles. The van der Waals surface area contributed by atoms with Crippen molar-refractivity contribution >= 4 is 11.8 Å². The lowest BCUT2D eigenvalue weighted by Crippen LogP contribution is -2.42. The highest BCUT2D eigenvalue weighted by Crippen LogP contribution is 2.34. The largest absolute Gasteiger partial charge is 0.306 e. The van der Waals surface area contributed by atoms with Crippen LogP contribution in [0.1, 0.15) is 51.6 Å². The highest BCUT2D eigenvalue weighted by atomic mass is 32.2. The van der Waals surface area contributed by atoms with Crippen LogP contribution in [0.5, 0.6) is 0 Å². The van der Waals surface area contributed by atoms with Crippen LogP contribution >= 0.6 is 11.8 Å². The lowest BCUT2D eigenvalue weighted by atomic mass is 9.87. The van der Waals surface area contributed by atoms with E-state index >= 15 is 0 Å². The van der Waals surface area contributed by atoms with Gasteiger partial charge in [-0.1, -0.05) is 57.5 Å². The predicted molar refractivity (Wildman–Crippen MR) is 86.7 cm³/mol. The van der Waals surface area contributed by atoms with E-state index < -0.39 is 0 Å². The molecule has 1 aliphatic rings. The summed E-state index contributed by atoms with van der Waals surface area (Å²) in [4.78, 5) is 0. The van der Waals surface area contributed by atoms with Crippen LogP contribution in [0.3, 0.4) is 0 Å². The minimum Gasteiger partial charge on any atom is -0.306 e. The number of hydrogen-bond donors (Lipinski definition) is 1.